The average molecular weight is 464 g/mol. The third kappa shape index (κ3) is 5.27. The number of fused-ring (bicyclic) bond motifs is 3. The number of rotatable bonds is 6. The van der Waals surface area contributed by atoms with Gasteiger partial charge in [-0.25, -0.2) is 9.98 Å². The number of piperazine rings is 3. The van der Waals surface area contributed by atoms with E-state index < -0.39 is 0 Å². The molecule has 8 heteroatoms. The molecule has 3 aliphatic rings. The molecule has 3 aliphatic heterocycles. The van der Waals surface area contributed by atoms with Gasteiger partial charge in [0.1, 0.15) is 5.01 Å². The van der Waals surface area contributed by atoms with E-state index in [-0.39, 0.29) is 24.0 Å². The normalized spacial score (nSPS) is 26.1. The molecule has 6 nitrogen and oxygen atoms in total. The first kappa shape index (κ1) is 19.9. The Hall–Kier alpha value is -0.450. The lowest BCUT2D eigenvalue weighted by molar-refractivity contribution is 0.0154. The van der Waals surface area contributed by atoms with E-state index >= 15 is 0 Å². The lowest BCUT2D eigenvalue weighted by Crippen LogP contribution is -2.63. The van der Waals surface area contributed by atoms with Crippen LogP contribution in [-0.4, -0.2) is 72.6 Å². The lowest BCUT2D eigenvalue weighted by Gasteiger charge is -2.47. The monoisotopic (exact) mass is 464 g/mol. The minimum atomic E-state index is 0. The molecule has 4 rings (SSSR count). The number of hydrogen-bond donors (Lipinski definition) is 2. The van der Waals surface area contributed by atoms with Crippen LogP contribution in [0.4, 0.5) is 0 Å². The third-order valence-corrected chi connectivity index (χ3v) is 5.69. The van der Waals surface area contributed by atoms with Crippen molar-refractivity contribution in [2.75, 3.05) is 45.8 Å². The molecule has 24 heavy (non-hydrogen) atoms. The van der Waals surface area contributed by atoms with Crippen LogP contribution in [0.2, 0.25) is 0 Å². The van der Waals surface area contributed by atoms with E-state index in [1.54, 1.807) is 11.3 Å². The quantitative estimate of drug-likeness (QED) is 0.379. The highest BCUT2D eigenvalue weighted by Crippen LogP contribution is 2.15. The highest BCUT2D eigenvalue weighted by atomic mass is 127. The summed E-state index contributed by atoms with van der Waals surface area (Å²) in [5.74, 6) is 0.901. The first-order valence-electron chi connectivity index (χ1n) is 8.70. The number of thiazole rings is 1. The SMILES string of the molecule is CCNC(=NCc1ncc(CC)s1)NCC1CN2CCN1CC2.I. The molecule has 0 saturated carbocycles. The Labute approximate surface area is 166 Å². The predicted molar refractivity (Wildman–Crippen MR) is 112 cm³/mol. The second kappa shape index (κ2) is 9.88. The van der Waals surface area contributed by atoms with Gasteiger partial charge in [-0.2, -0.15) is 0 Å². The number of hydrogen-bond acceptors (Lipinski definition) is 5. The molecule has 1 unspecified atom stereocenters. The highest BCUT2D eigenvalue weighted by Gasteiger charge is 2.31. The van der Waals surface area contributed by atoms with Crippen molar-refractivity contribution >= 4 is 41.3 Å². The molecule has 3 fully saturated rings. The smallest absolute Gasteiger partial charge is 0.191 e. The van der Waals surface area contributed by atoms with Crippen molar-refractivity contribution in [2.45, 2.75) is 32.9 Å². The molecule has 2 bridgehead atoms. The van der Waals surface area contributed by atoms with Crippen LogP contribution in [0.1, 0.15) is 23.7 Å². The number of aliphatic imine (C=N–C) groups is 1. The van der Waals surface area contributed by atoms with E-state index in [4.69, 9.17) is 0 Å². The molecule has 1 atom stereocenters. The Balaban J connectivity index is 0.00000208. The highest BCUT2D eigenvalue weighted by molar-refractivity contribution is 14.0. The van der Waals surface area contributed by atoms with Gasteiger partial charge >= 0.3 is 0 Å². The second-order valence-corrected chi connectivity index (χ2v) is 7.34. The van der Waals surface area contributed by atoms with E-state index in [0.717, 1.165) is 30.5 Å². The Morgan fingerprint density at radius 2 is 2.08 bits per heavy atom. The number of nitrogens with zero attached hydrogens (tertiary/aromatic N) is 4. The molecular formula is C16H29IN6S. The van der Waals surface area contributed by atoms with Crippen molar-refractivity contribution in [1.29, 1.82) is 0 Å². The van der Waals surface area contributed by atoms with Crippen LogP contribution in [0, 0.1) is 0 Å². The molecular weight excluding hydrogens is 435 g/mol. The molecule has 1 aromatic heterocycles. The minimum Gasteiger partial charge on any atom is -0.357 e. The van der Waals surface area contributed by atoms with Crippen molar-refractivity contribution in [3.63, 3.8) is 0 Å². The van der Waals surface area contributed by atoms with Gasteiger partial charge in [0.25, 0.3) is 0 Å². The summed E-state index contributed by atoms with van der Waals surface area (Å²) < 4.78 is 0. The summed E-state index contributed by atoms with van der Waals surface area (Å²) in [6.07, 6.45) is 3.02. The molecule has 1 aromatic rings. The summed E-state index contributed by atoms with van der Waals surface area (Å²) in [4.78, 5) is 15.6. The summed E-state index contributed by atoms with van der Waals surface area (Å²) in [5, 5.41) is 7.94. The van der Waals surface area contributed by atoms with E-state index in [1.807, 2.05) is 6.20 Å². The summed E-state index contributed by atoms with van der Waals surface area (Å²) in [6.45, 7) is 12.8. The zero-order valence-electron chi connectivity index (χ0n) is 14.6. The number of nitrogens with one attached hydrogen (secondary N) is 2. The van der Waals surface area contributed by atoms with Crippen LogP contribution in [0.3, 0.4) is 0 Å². The fraction of sp³-hybridized carbons (Fsp3) is 0.750. The zero-order valence-corrected chi connectivity index (χ0v) is 17.8. The van der Waals surface area contributed by atoms with Crippen molar-refractivity contribution in [3.8, 4) is 0 Å². The van der Waals surface area contributed by atoms with Gasteiger partial charge in [0.2, 0.25) is 0 Å². The Bertz CT molecular complexity index is 526. The molecule has 0 amide bonds. The number of guanidine groups is 1. The average Bonchev–Trinajstić information content (AvgIpc) is 3.06. The van der Waals surface area contributed by atoms with Crippen LogP contribution in [-0.2, 0) is 13.0 Å². The largest absolute Gasteiger partial charge is 0.357 e. The van der Waals surface area contributed by atoms with Crippen LogP contribution in [0.5, 0.6) is 0 Å². The first-order chi connectivity index (χ1) is 11.3. The Kier molecular flexibility index (Phi) is 8.18. The fourth-order valence-electron chi connectivity index (χ4n) is 3.21. The Morgan fingerprint density at radius 1 is 1.29 bits per heavy atom. The topological polar surface area (TPSA) is 55.8 Å². The van der Waals surface area contributed by atoms with Gasteiger partial charge in [-0.1, -0.05) is 6.92 Å². The summed E-state index contributed by atoms with van der Waals surface area (Å²) in [7, 11) is 0. The minimum absolute atomic E-state index is 0. The zero-order chi connectivity index (χ0) is 16.1. The van der Waals surface area contributed by atoms with Gasteiger partial charge < -0.3 is 10.6 Å². The van der Waals surface area contributed by atoms with Crippen molar-refractivity contribution in [3.05, 3.63) is 16.1 Å². The molecule has 3 saturated heterocycles. The molecule has 0 aromatic carbocycles. The van der Waals surface area contributed by atoms with E-state index in [9.17, 15) is 0 Å². The van der Waals surface area contributed by atoms with E-state index in [1.165, 1.54) is 37.6 Å². The maximum Gasteiger partial charge on any atom is 0.191 e. The number of aromatic nitrogens is 1. The summed E-state index contributed by atoms with van der Waals surface area (Å²) in [6, 6.07) is 0.605. The fourth-order valence-corrected chi connectivity index (χ4v) is 3.99. The van der Waals surface area contributed by atoms with Crippen LogP contribution in [0.15, 0.2) is 11.2 Å². The predicted octanol–water partition coefficient (Wildman–Crippen LogP) is 1.38. The summed E-state index contributed by atoms with van der Waals surface area (Å²) in [5.41, 5.74) is 0. The molecule has 4 heterocycles. The van der Waals surface area contributed by atoms with Gasteiger partial charge in [0.15, 0.2) is 5.96 Å². The van der Waals surface area contributed by atoms with Gasteiger partial charge in [-0.15, -0.1) is 35.3 Å². The van der Waals surface area contributed by atoms with E-state index in [2.05, 4.69) is 44.3 Å². The molecule has 2 N–H and O–H groups in total. The van der Waals surface area contributed by atoms with Gasteiger partial charge in [0.05, 0.1) is 6.54 Å². The second-order valence-electron chi connectivity index (χ2n) is 6.14. The standard InChI is InChI=1S/C16H28N6S.HI/c1-3-14-10-18-15(23-14)11-20-16(17-4-2)19-9-13-12-21-5-7-22(13)8-6-21;/h10,13H,3-9,11-12H2,1-2H3,(H2,17,19,20);1H. The Morgan fingerprint density at radius 3 is 2.67 bits per heavy atom. The van der Waals surface area contributed by atoms with Crippen molar-refractivity contribution in [2.24, 2.45) is 4.99 Å². The van der Waals surface area contributed by atoms with E-state index in [0.29, 0.717) is 12.6 Å². The molecule has 136 valence electrons. The number of halogens is 1. The van der Waals surface area contributed by atoms with Crippen LogP contribution in [0.25, 0.3) is 0 Å². The maximum absolute atomic E-state index is 4.69. The van der Waals surface area contributed by atoms with Crippen LogP contribution >= 0.6 is 35.3 Å². The molecule has 0 spiro atoms. The lowest BCUT2D eigenvalue weighted by atomic mass is 10.1. The van der Waals surface area contributed by atoms with Gasteiger partial charge in [0, 0.05) is 62.9 Å². The van der Waals surface area contributed by atoms with Gasteiger partial charge in [-0.05, 0) is 13.3 Å². The van der Waals surface area contributed by atoms with Gasteiger partial charge in [-0.3, -0.25) is 9.80 Å². The van der Waals surface area contributed by atoms with Crippen molar-refractivity contribution in [1.82, 2.24) is 25.4 Å². The number of aryl methyl sites for hydroxylation is 1. The molecule has 0 aliphatic carbocycles. The first-order valence-corrected chi connectivity index (χ1v) is 9.52. The summed E-state index contributed by atoms with van der Waals surface area (Å²) >= 11 is 1.76. The molecule has 0 radical (unpaired) electrons. The third-order valence-electron chi connectivity index (χ3n) is 4.56. The van der Waals surface area contributed by atoms with Crippen molar-refractivity contribution < 1.29 is 0 Å². The van der Waals surface area contributed by atoms with Crippen LogP contribution < -0.4 is 10.6 Å². The maximum atomic E-state index is 4.69.